The lowest BCUT2D eigenvalue weighted by Crippen LogP contribution is -2.41. The molecule has 0 unspecified atom stereocenters. The second-order valence-corrected chi connectivity index (χ2v) is 13.3. The van der Waals surface area contributed by atoms with Crippen LogP contribution in [0, 0.1) is 11.8 Å². The first-order valence-electron chi connectivity index (χ1n) is 15.0. The van der Waals surface area contributed by atoms with Gasteiger partial charge in [0.1, 0.15) is 16.9 Å². The number of benzene rings is 1. The number of hydrogen-bond donors (Lipinski definition) is 2. The lowest BCUT2D eigenvalue weighted by molar-refractivity contribution is -0.0322. The van der Waals surface area contributed by atoms with Crippen LogP contribution in [0.25, 0.3) is 33.6 Å². The summed E-state index contributed by atoms with van der Waals surface area (Å²) in [4.78, 5) is 25.9. The number of aromatic nitrogens is 4. The molecule has 4 heterocycles. The molecule has 1 aliphatic heterocycles. The smallest absolute Gasteiger partial charge is 0.254 e. The molecule has 0 radical (unpaired) electrons. The molecule has 9 nitrogen and oxygen atoms in total. The molecular weight excluding hydrogens is 516 g/mol. The van der Waals surface area contributed by atoms with Crippen LogP contribution in [-0.2, 0) is 13.6 Å². The number of aryl methyl sites for hydroxylation is 1. The number of methoxy groups -OCH3 is 1. The number of piperidine rings is 1. The van der Waals surface area contributed by atoms with E-state index in [-0.39, 0.29) is 18.0 Å². The Morgan fingerprint density at radius 2 is 1.95 bits per heavy atom. The Balaban J connectivity index is 1.22. The number of fused-ring (bicyclic) bond motifs is 4. The molecule has 1 aromatic carbocycles. The van der Waals surface area contributed by atoms with Crippen LogP contribution in [0.1, 0.15) is 67.4 Å². The number of rotatable bonds is 6. The van der Waals surface area contributed by atoms with Crippen LogP contribution in [0.5, 0.6) is 5.75 Å². The standard InChI is InChI=1S/C32H38N6O3/c1-32(40)13-21(14-32)22-8-6-18-11-25(37(29(18)34-22)15-17-4-5-17)30-35-23-10-20(12-26(41-3)28(23)36(30)2)31(39)38-16-19-7-9-24(38)27(19)33/h6,8,10-12,17,19,21,24,27,40H,4-5,7,9,13-16,33H2,1-3H3/t19-,21?,24-,27-,32?/m1/s1. The average Bonchev–Trinajstić information content (AvgIpc) is 3.35. The minimum atomic E-state index is -0.588. The highest BCUT2D eigenvalue weighted by atomic mass is 16.5. The third kappa shape index (κ3) is 3.92. The van der Waals surface area contributed by atoms with Crippen molar-refractivity contribution in [2.45, 2.75) is 75.6 Å². The van der Waals surface area contributed by atoms with Crippen molar-refractivity contribution in [3.63, 3.8) is 0 Å². The lowest BCUT2D eigenvalue weighted by Gasteiger charge is -2.40. The minimum Gasteiger partial charge on any atom is -0.494 e. The summed E-state index contributed by atoms with van der Waals surface area (Å²) >= 11 is 0. The van der Waals surface area contributed by atoms with Gasteiger partial charge in [-0.2, -0.15) is 0 Å². The van der Waals surface area contributed by atoms with Gasteiger partial charge in [0.25, 0.3) is 5.91 Å². The van der Waals surface area contributed by atoms with Crippen molar-refractivity contribution in [1.29, 1.82) is 0 Å². The van der Waals surface area contributed by atoms with Gasteiger partial charge in [-0.05, 0) is 87.6 Å². The zero-order valence-electron chi connectivity index (χ0n) is 24.0. The van der Waals surface area contributed by atoms with Gasteiger partial charge in [-0.1, -0.05) is 0 Å². The maximum Gasteiger partial charge on any atom is 0.254 e. The van der Waals surface area contributed by atoms with E-state index in [0.29, 0.717) is 29.1 Å². The van der Waals surface area contributed by atoms with Gasteiger partial charge in [0, 0.05) is 54.8 Å². The SMILES string of the molecule is COc1cc(C(=O)N2C[C@H]3CC[C@@H]2[C@@H]3N)cc2nc(-c3cc4ccc(C5CC(C)(O)C5)nc4n3CC3CC3)n(C)c12. The number of aliphatic hydroxyl groups is 1. The Hall–Kier alpha value is -3.43. The van der Waals surface area contributed by atoms with Gasteiger partial charge < -0.3 is 29.6 Å². The van der Waals surface area contributed by atoms with Crippen LogP contribution < -0.4 is 10.5 Å². The highest BCUT2D eigenvalue weighted by Crippen LogP contribution is 2.45. The van der Waals surface area contributed by atoms with Crippen molar-refractivity contribution in [2.24, 2.45) is 24.6 Å². The topological polar surface area (TPSA) is 111 Å². The van der Waals surface area contributed by atoms with Crippen molar-refractivity contribution < 1.29 is 14.6 Å². The molecule has 3 saturated carbocycles. The molecule has 3 atom stereocenters. The van der Waals surface area contributed by atoms with E-state index in [1.54, 1.807) is 7.11 Å². The van der Waals surface area contributed by atoms with E-state index in [2.05, 4.69) is 27.3 Å². The Morgan fingerprint density at radius 1 is 1.15 bits per heavy atom. The van der Waals surface area contributed by atoms with Gasteiger partial charge >= 0.3 is 0 Å². The van der Waals surface area contributed by atoms with Gasteiger partial charge in [0.15, 0.2) is 5.82 Å². The number of likely N-dealkylation sites (tertiary alicyclic amines) is 1. The van der Waals surface area contributed by atoms with Gasteiger partial charge in [0.05, 0.1) is 23.9 Å². The largest absolute Gasteiger partial charge is 0.494 e. The summed E-state index contributed by atoms with van der Waals surface area (Å²) in [6.07, 6.45) is 6.04. The van der Waals surface area contributed by atoms with E-state index in [1.165, 1.54) is 12.8 Å². The molecule has 2 bridgehead atoms. The average molecular weight is 555 g/mol. The molecule has 1 saturated heterocycles. The number of nitrogens with zero attached hydrogens (tertiary/aromatic N) is 5. The van der Waals surface area contributed by atoms with Crippen molar-refractivity contribution in [1.82, 2.24) is 24.0 Å². The lowest BCUT2D eigenvalue weighted by atomic mass is 9.70. The summed E-state index contributed by atoms with van der Waals surface area (Å²) in [5, 5.41) is 11.4. The summed E-state index contributed by atoms with van der Waals surface area (Å²) in [5.41, 5.74) is 11.1. The quantitative estimate of drug-likeness (QED) is 0.370. The molecule has 8 rings (SSSR count). The molecule has 3 aliphatic carbocycles. The maximum absolute atomic E-state index is 13.7. The van der Waals surface area contributed by atoms with Crippen molar-refractivity contribution >= 4 is 28.0 Å². The van der Waals surface area contributed by atoms with Crippen LogP contribution in [0.2, 0.25) is 0 Å². The Kier molecular flexibility index (Phi) is 5.42. The number of amides is 1. The van der Waals surface area contributed by atoms with E-state index in [9.17, 15) is 9.90 Å². The highest BCUT2D eigenvalue weighted by molar-refractivity contribution is 6.00. The molecule has 0 spiro atoms. The number of ether oxygens (including phenoxy) is 1. The molecular formula is C32H38N6O3. The van der Waals surface area contributed by atoms with Gasteiger partial charge in [-0.3, -0.25) is 4.79 Å². The zero-order chi connectivity index (χ0) is 28.2. The fraction of sp³-hybridized carbons (Fsp3) is 0.531. The van der Waals surface area contributed by atoms with Crippen molar-refractivity contribution in [2.75, 3.05) is 13.7 Å². The van der Waals surface area contributed by atoms with E-state index in [0.717, 1.165) is 78.1 Å². The van der Waals surface area contributed by atoms with Gasteiger partial charge in [-0.25, -0.2) is 9.97 Å². The molecule has 3 aromatic heterocycles. The van der Waals surface area contributed by atoms with Crippen molar-refractivity contribution in [3.05, 3.63) is 41.6 Å². The monoisotopic (exact) mass is 554 g/mol. The minimum absolute atomic E-state index is 0.00889. The highest BCUT2D eigenvalue weighted by Gasteiger charge is 2.47. The Labute approximate surface area is 239 Å². The molecule has 214 valence electrons. The van der Waals surface area contributed by atoms with Crippen LogP contribution >= 0.6 is 0 Å². The first kappa shape index (κ1) is 25.3. The molecule has 41 heavy (non-hydrogen) atoms. The van der Waals surface area contributed by atoms with Gasteiger partial charge in [0.2, 0.25) is 0 Å². The summed E-state index contributed by atoms with van der Waals surface area (Å²) in [6, 6.07) is 10.4. The van der Waals surface area contributed by atoms with Crippen molar-refractivity contribution in [3.8, 4) is 17.3 Å². The predicted octanol–water partition coefficient (Wildman–Crippen LogP) is 4.20. The molecule has 4 aliphatic rings. The fourth-order valence-electron chi connectivity index (χ4n) is 7.78. The molecule has 4 fully saturated rings. The molecule has 9 heteroatoms. The summed E-state index contributed by atoms with van der Waals surface area (Å²) in [7, 11) is 3.67. The van der Waals surface area contributed by atoms with Gasteiger partial charge in [-0.15, -0.1) is 0 Å². The van der Waals surface area contributed by atoms with E-state index in [1.807, 2.05) is 31.0 Å². The number of imidazole rings is 1. The predicted molar refractivity (Wildman–Crippen MR) is 157 cm³/mol. The first-order valence-corrected chi connectivity index (χ1v) is 15.0. The summed E-state index contributed by atoms with van der Waals surface area (Å²) in [6.45, 7) is 3.53. The summed E-state index contributed by atoms with van der Waals surface area (Å²) < 4.78 is 10.2. The summed E-state index contributed by atoms with van der Waals surface area (Å²) in [5.74, 6) is 2.82. The first-order chi connectivity index (χ1) is 19.7. The van der Waals surface area contributed by atoms with Crippen LogP contribution in [0.3, 0.4) is 0 Å². The zero-order valence-corrected chi connectivity index (χ0v) is 24.0. The number of carbonyl (C=O) groups is 1. The fourth-order valence-corrected chi connectivity index (χ4v) is 7.78. The molecule has 3 N–H and O–H groups in total. The van der Waals surface area contributed by atoms with Crippen LogP contribution in [0.4, 0.5) is 0 Å². The Bertz CT molecular complexity index is 1710. The number of nitrogens with two attached hydrogens (primary N) is 1. The number of carbonyl (C=O) groups excluding carboxylic acids is 1. The van der Waals surface area contributed by atoms with Crippen LogP contribution in [0.15, 0.2) is 30.3 Å². The van der Waals surface area contributed by atoms with E-state index >= 15 is 0 Å². The Morgan fingerprint density at radius 3 is 2.61 bits per heavy atom. The normalized spacial score (nSPS) is 29.0. The molecule has 4 aromatic rings. The second kappa shape index (κ2) is 8.79. The van der Waals surface area contributed by atoms with Crippen LogP contribution in [-0.4, -0.2) is 66.4 Å². The number of pyridine rings is 1. The van der Waals surface area contributed by atoms with E-state index in [4.69, 9.17) is 20.4 Å². The third-order valence-electron chi connectivity index (χ3n) is 10.2. The van der Waals surface area contributed by atoms with E-state index < -0.39 is 5.60 Å². The second-order valence-electron chi connectivity index (χ2n) is 13.3. The number of hydrogen-bond acceptors (Lipinski definition) is 6. The molecule has 1 amide bonds. The third-order valence-corrected chi connectivity index (χ3v) is 10.2. The maximum atomic E-state index is 13.7.